The number of β-amino-alcohol motifs (C(OH)–C–C–N with tert-alkyl or cyclic N) is 1. The third kappa shape index (κ3) is 4.55. The molecule has 2 aromatic carbocycles. The van der Waals surface area contributed by atoms with E-state index in [-0.39, 0.29) is 25.0 Å². The molecule has 148 valence electrons. The molecule has 3 rings (SSSR count). The molecule has 1 heterocycles. The number of aliphatic hydroxyl groups excluding tert-OH is 1. The fourth-order valence-corrected chi connectivity index (χ4v) is 3.40. The second-order valence-corrected chi connectivity index (χ2v) is 6.91. The molecule has 3 amide bonds. The molecule has 1 fully saturated rings. The van der Waals surface area contributed by atoms with Crippen molar-refractivity contribution < 1.29 is 19.4 Å². The topological polar surface area (TPSA) is 90.9 Å². The van der Waals surface area contributed by atoms with Crippen LogP contribution < -0.4 is 15.4 Å². The van der Waals surface area contributed by atoms with Crippen LogP contribution in [0.2, 0.25) is 5.02 Å². The van der Waals surface area contributed by atoms with Crippen LogP contribution in [0.5, 0.6) is 5.75 Å². The van der Waals surface area contributed by atoms with Gasteiger partial charge in [0.25, 0.3) is 0 Å². The zero-order valence-electron chi connectivity index (χ0n) is 15.4. The van der Waals surface area contributed by atoms with Crippen molar-refractivity contribution >= 4 is 29.2 Å². The molecule has 1 aliphatic rings. The summed E-state index contributed by atoms with van der Waals surface area (Å²) in [6, 6.07) is 12.9. The third-order valence-corrected chi connectivity index (χ3v) is 4.95. The van der Waals surface area contributed by atoms with Gasteiger partial charge in [-0.2, -0.15) is 0 Å². The van der Waals surface area contributed by atoms with E-state index in [0.29, 0.717) is 23.0 Å². The average Bonchev–Trinajstić information content (AvgIpc) is 3.00. The highest BCUT2D eigenvalue weighted by molar-refractivity contribution is 6.30. The maximum Gasteiger partial charge on any atom is 0.319 e. The van der Waals surface area contributed by atoms with Gasteiger partial charge in [-0.3, -0.25) is 4.79 Å². The minimum Gasteiger partial charge on any atom is -0.497 e. The van der Waals surface area contributed by atoms with E-state index in [2.05, 4.69) is 10.6 Å². The van der Waals surface area contributed by atoms with Gasteiger partial charge in [0.15, 0.2) is 0 Å². The number of rotatable bonds is 6. The van der Waals surface area contributed by atoms with Crippen LogP contribution in [0, 0.1) is 0 Å². The number of carbonyl (C=O) groups is 2. The van der Waals surface area contributed by atoms with E-state index in [1.807, 2.05) is 24.3 Å². The Kier molecular flexibility index (Phi) is 6.38. The fourth-order valence-electron chi connectivity index (χ4n) is 3.28. The highest BCUT2D eigenvalue weighted by Gasteiger charge is 2.41. The number of likely N-dealkylation sites (tertiary alicyclic amines) is 1. The number of anilines is 1. The number of hydrogen-bond donors (Lipinski definition) is 3. The molecule has 3 N–H and O–H groups in total. The van der Waals surface area contributed by atoms with Crippen molar-refractivity contribution in [3.05, 3.63) is 59.1 Å². The van der Waals surface area contributed by atoms with Crippen LogP contribution in [-0.4, -0.2) is 54.8 Å². The molecular weight excluding hydrogens is 382 g/mol. The van der Waals surface area contributed by atoms with Gasteiger partial charge in [-0.1, -0.05) is 23.7 Å². The monoisotopic (exact) mass is 403 g/mol. The summed E-state index contributed by atoms with van der Waals surface area (Å²) in [5.74, 6) is 0.257. The number of methoxy groups -OCH3 is 1. The van der Waals surface area contributed by atoms with Crippen LogP contribution >= 0.6 is 11.6 Å². The van der Waals surface area contributed by atoms with Gasteiger partial charge in [0.1, 0.15) is 11.8 Å². The zero-order chi connectivity index (χ0) is 20.1. The Hall–Kier alpha value is -2.77. The van der Waals surface area contributed by atoms with Crippen LogP contribution in [0.25, 0.3) is 0 Å². The van der Waals surface area contributed by atoms with Crippen molar-refractivity contribution in [1.29, 1.82) is 0 Å². The van der Waals surface area contributed by atoms with Crippen LogP contribution in [-0.2, 0) is 4.79 Å². The SMILES string of the molecule is COc1ccc([C@@H]2CN(CCO)C(=O)C2NC(=O)Nc2ccc(Cl)cc2)cc1. The first kappa shape index (κ1) is 20.0. The summed E-state index contributed by atoms with van der Waals surface area (Å²) in [4.78, 5) is 26.8. The van der Waals surface area contributed by atoms with Gasteiger partial charge in [0.05, 0.1) is 13.7 Å². The number of hydrogen-bond acceptors (Lipinski definition) is 4. The first-order valence-electron chi connectivity index (χ1n) is 8.88. The quantitative estimate of drug-likeness (QED) is 0.691. The summed E-state index contributed by atoms with van der Waals surface area (Å²) in [6.07, 6.45) is 0. The minimum atomic E-state index is -0.729. The average molecular weight is 404 g/mol. The molecule has 2 atom stereocenters. The number of nitrogens with zero attached hydrogens (tertiary/aromatic N) is 1. The summed E-state index contributed by atoms with van der Waals surface area (Å²) in [5, 5.41) is 15.3. The third-order valence-electron chi connectivity index (χ3n) is 4.70. The van der Waals surface area contributed by atoms with Crippen molar-refractivity contribution in [3.63, 3.8) is 0 Å². The summed E-state index contributed by atoms with van der Waals surface area (Å²) < 4.78 is 5.18. The van der Waals surface area contributed by atoms with Crippen LogP contribution in [0.15, 0.2) is 48.5 Å². The molecule has 0 aromatic heterocycles. The highest BCUT2D eigenvalue weighted by Crippen LogP contribution is 2.30. The minimum absolute atomic E-state index is 0.134. The molecule has 0 radical (unpaired) electrons. The molecular formula is C20H22ClN3O4. The largest absolute Gasteiger partial charge is 0.497 e. The molecule has 1 saturated heterocycles. The highest BCUT2D eigenvalue weighted by atomic mass is 35.5. The van der Waals surface area contributed by atoms with E-state index >= 15 is 0 Å². The van der Waals surface area contributed by atoms with Crippen molar-refractivity contribution in [2.45, 2.75) is 12.0 Å². The predicted octanol–water partition coefficient (Wildman–Crippen LogP) is 2.46. The maximum absolute atomic E-state index is 12.8. The molecule has 28 heavy (non-hydrogen) atoms. The molecule has 1 unspecified atom stereocenters. The first-order valence-corrected chi connectivity index (χ1v) is 9.26. The van der Waals surface area contributed by atoms with Crippen molar-refractivity contribution in [2.24, 2.45) is 0 Å². The van der Waals surface area contributed by atoms with Crippen molar-refractivity contribution in [3.8, 4) is 5.75 Å². The van der Waals surface area contributed by atoms with Crippen LogP contribution in [0.3, 0.4) is 0 Å². The second-order valence-electron chi connectivity index (χ2n) is 6.47. The summed E-state index contributed by atoms with van der Waals surface area (Å²) in [7, 11) is 1.59. The smallest absolute Gasteiger partial charge is 0.319 e. The number of urea groups is 1. The van der Waals surface area contributed by atoms with Gasteiger partial charge >= 0.3 is 6.03 Å². The molecule has 0 spiro atoms. The van der Waals surface area contributed by atoms with Crippen LogP contribution in [0.4, 0.5) is 10.5 Å². The Bertz CT molecular complexity index is 826. The normalized spacial score (nSPS) is 18.8. The Morgan fingerprint density at radius 2 is 1.89 bits per heavy atom. The summed E-state index contributed by atoms with van der Waals surface area (Å²) >= 11 is 5.85. The molecule has 2 aromatic rings. The van der Waals surface area contributed by atoms with Gasteiger partial charge in [-0.25, -0.2) is 4.79 Å². The number of halogens is 1. The van der Waals surface area contributed by atoms with E-state index in [0.717, 1.165) is 5.56 Å². The Morgan fingerprint density at radius 1 is 1.21 bits per heavy atom. The lowest BCUT2D eigenvalue weighted by Gasteiger charge is -2.19. The Balaban J connectivity index is 1.76. The standard InChI is InChI=1S/C20H22ClN3O4/c1-28-16-8-2-13(3-9-16)17-12-24(10-11-25)19(26)18(17)23-20(27)22-15-6-4-14(21)5-7-15/h2-9,17-18,25H,10-12H2,1H3,(H2,22,23,27)/t17-,18?/m0/s1. The Morgan fingerprint density at radius 3 is 2.50 bits per heavy atom. The van der Waals surface area contributed by atoms with E-state index in [4.69, 9.17) is 16.3 Å². The molecule has 1 aliphatic heterocycles. The lowest BCUT2D eigenvalue weighted by Crippen LogP contribution is -2.45. The van der Waals surface area contributed by atoms with Crippen LogP contribution in [0.1, 0.15) is 11.5 Å². The predicted molar refractivity (Wildman–Crippen MR) is 107 cm³/mol. The van der Waals surface area contributed by atoms with Crippen molar-refractivity contribution in [2.75, 3.05) is 32.1 Å². The van der Waals surface area contributed by atoms with Gasteiger partial charge < -0.3 is 25.4 Å². The van der Waals surface area contributed by atoms with E-state index in [9.17, 15) is 14.7 Å². The molecule has 0 bridgehead atoms. The molecule has 0 saturated carbocycles. The summed E-state index contributed by atoms with van der Waals surface area (Å²) in [6.45, 7) is 0.505. The fraction of sp³-hybridized carbons (Fsp3) is 0.300. The number of amides is 3. The molecule has 8 heteroatoms. The van der Waals surface area contributed by atoms with Gasteiger partial charge in [0.2, 0.25) is 5.91 Å². The molecule has 7 nitrogen and oxygen atoms in total. The first-order chi connectivity index (χ1) is 13.5. The number of aliphatic hydroxyl groups is 1. The second kappa shape index (κ2) is 8.95. The van der Waals surface area contributed by atoms with Gasteiger partial charge in [-0.15, -0.1) is 0 Å². The number of carbonyl (C=O) groups excluding carboxylic acids is 2. The molecule has 0 aliphatic carbocycles. The van der Waals surface area contributed by atoms with E-state index in [1.54, 1.807) is 36.3 Å². The summed E-state index contributed by atoms with van der Waals surface area (Å²) in [5.41, 5.74) is 1.48. The van der Waals surface area contributed by atoms with E-state index in [1.165, 1.54) is 0 Å². The van der Waals surface area contributed by atoms with Gasteiger partial charge in [-0.05, 0) is 42.0 Å². The zero-order valence-corrected chi connectivity index (χ0v) is 16.1. The number of ether oxygens (including phenoxy) is 1. The lowest BCUT2D eigenvalue weighted by atomic mass is 9.94. The lowest BCUT2D eigenvalue weighted by molar-refractivity contribution is -0.129. The maximum atomic E-state index is 12.8. The van der Waals surface area contributed by atoms with E-state index < -0.39 is 12.1 Å². The number of nitrogens with one attached hydrogen (secondary N) is 2. The number of benzene rings is 2. The Labute approximate surface area is 168 Å². The van der Waals surface area contributed by atoms with Crippen molar-refractivity contribution in [1.82, 2.24) is 10.2 Å². The van der Waals surface area contributed by atoms with Gasteiger partial charge in [0, 0.05) is 29.7 Å².